The van der Waals surface area contributed by atoms with Gasteiger partial charge >= 0.3 is 0 Å². The molecule has 2 aromatic heterocycles. The Bertz CT molecular complexity index is 618. The summed E-state index contributed by atoms with van der Waals surface area (Å²) in [5.74, 6) is -0.167. The number of hydrogen-bond donors (Lipinski definition) is 2. The molecule has 3 heterocycles. The van der Waals surface area contributed by atoms with Crippen LogP contribution in [-0.2, 0) is 6.54 Å². The van der Waals surface area contributed by atoms with Crippen LogP contribution in [0.25, 0.3) is 0 Å². The van der Waals surface area contributed by atoms with Crippen molar-refractivity contribution in [3.8, 4) is 0 Å². The van der Waals surface area contributed by atoms with Crippen molar-refractivity contribution in [2.24, 2.45) is 0 Å². The normalized spacial score (nSPS) is 16.0. The molecule has 0 bridgehead atoms. The van der Waals surface area contributed by atoms with Crippen molar-refractivity contribution in [1.82, 2.24) is 14.9 Å². The van der Waals surface area contributed by atoms with Gasteiger partial charge in [0.1, 0.15) is 5.69 Å². The third-order valence-electron chi connectivity index (χ3n) is 3.50. The van der Waals surface area contributed by atoms with Crippen molar-refractivity contribution in [3.05, 3.63) is 33.5 Å². The number of carbonyl (C=O) groups excluding carboxylic acids is 1. The molecule has 0 radical (unpaired) electrons. The van der Waals surface area contributed by atoms with E-state index in [2.05, 4.69) is 36.1 Å². The van der Waals surface area contributed by atoms with Crippen LogP contribution in [0.2, 0.25) is 0 Å². The van der Waals surface area contributed by atoms with Crippen LogP contribution in [0.15, 0.2) is 22.1 Å². The number of anilines is 1. The maximum Gasteiger partial charge on any atom is 0.273 e. The number of nitrogens with one attached hydrogen (secondary N) is 2. The Hall–Kier alpha value is -1.18. The smallest absolute Gasteiger partial charge is 0.273 e. The number of halogens is 1. The van der Waals surface area contributed by atoms with Crippen LogP contribution >= 0.6 is 27.3 Å². The average Bonchev–Trinajstić information content (AvgIpc) is 3.09. The van der Waals surface area contributed by atoms with Gasteiger partial charge in [-0.1, -0.05) is 6.42 Å². The average molecular weight is 369 g/mol. The molecule has 1 amide bonds. The summed E-state index contributed by atoms with van der Waals surface area (Å²) in [7, 11) is 0. The Balaban J connectivity index is 1.58. The SMILES string of the molecule is O=C(Nc1nc(CN2CCCCC2)cs1)c1cc(Br)c[nH]1. The number of likely N-dealkylation sites (tertiary alicyclic amines) is 1. The van der Waals surface area contributed by atoms with E-state index >= 15 is 0 Å². The van der Waals surface area contributed by atoms with E-state index in [-0.39, 0.29) is 5.91 Å². The lowest BCUT2D eigenvalue weighted by Crippen LogP contribution is -2.29. The number of carbonyl (C=O) groups is 1. The monoisotopic (exact) mass is 368 g/mol. The molecule has 3 rings (SSSR count). The number of rotatable bonds is 4. The van der Waals surface area contributed by atoms with E-state index < -0.39 is 0 Å². The molecule has 2 N–H and O–H groups in total. The van der Waals surface area contributed by atoms with Gasteiger partial charge in [-0.15, -0.1) is 11.3 Å². The maximum absolute atomic E-state index is 12.0. The Morgan fingerprint density at radius 1 is 1.43 bits per heavy atom. The zero-order valence-corrected chi connectivity index (χ0v) is 14.0. The maximum atomic E-state index is 12.0. The molecule has 0 atom stereocenters. The van der Waals surface area contributed by atoms with Crippen LogP contribution in [0, 0.1) is 0 Å². The number of H-pyrrole nitrogens is 1. The molecule has 1 aliphatic rings. The van der Waals surface area contributed by atoms with Crippen LogP contribution in [0.1, 0.15) is 35.4 Å². The molecular weight excluding hydrogens is 352 g/mol. The third-order valence-corrected chi connectivity index (χ3v) is 4.76. The second kappa shape index (κ2) is 6.72. The molecule has 0 saturated carbocycles. The second-order valence-electron chi connectivity index (χ2n) is 5.17. The van der Waals surface area contributed by atoms with Gasteiger partial charge in [-0.25, -0.2) is 4.98 Å². The van der Waals surface area contributed by atoms with Gasteiger partial charge in [0.15, 0.2) is 5.13 Å². The highest BCUT2D eigenvalue weighted by Gasteiger charge is 2.14. The fourth-order valence-corrected chi connectivity index (χ4v) is 3.49. The van der Waals surface area contributed by atoms with E-state index in [0.717, 1.165) is 29.8 Å². The van der Waals surface area contributed by atoms with E-state index in [1.807, 2.05) is 5.38 Å². The largest absolute Gasteiger partial charge is 0.356 e. The van der Waals surface area contributed by atoms with E-state index in [0.29, 0.717) is 10.8 Å². The van der Waals surface area contributed by atoms with Gasteiger partial charge in [-0.2, -0.15) is 0 Å². The summed E-state index contributed by atoms with van der Waals surface area (Å²) >= 11 is 4.79. The minimum Gasteiger partial charge on any atom is -0.356 e. The van der Waals surface area contributed by atoms with E-state index in [1.165, 1.54) is 30.6 Å². The first kappa shape index (κ1) is 14.7. The van der Waals surface area contributed by atoms with Gasteiger partial charge in [-0.05, 0) is 47.9 Å². The highest BCUT2D eigenvalue weighted by Crippen LogP contribution is 2.20. The third kappa shape index (κ3) is 3.93. The quantitative estimate of drug-likeness (QED) is 0.868. The topological polar surface area (TPSA) is 61.0 Å². The lowest BCUT2D eigenvalue weighted by Gasteiger charge is -2.25. The lowest BCUT2D eigenvalue weighted by molar-refractivity contribution is 0.102. The molecule has 0 aliphatic carbocycles. The number of thiazole rings is 1. The highest BCUT2D eigenvalue weighted by molar-refractivity contribution is 9.10. The molecule has 2 aromatic rings. The first-order chi connectivity index (χ1) is 10.2. The first-order valence-electron chi connectivity index (χ1n) is 7.03. The zero-order chi connectivity index (χ0) is 14.7. The van der Waals surface area contributed by atoms with Crippen molar-refractivity contribution in [2.45, 2.75) is 25.8 Å². The lowest BCUT2D eigenvalue weighted by atomic mass is 10.1. The standard InChI is InChI=1S/C14H17BrN4OS/c15-10-6-12(16-7-10)13(20)18-14-17-11(9-21-14)8-19-4-2-1-3-5-19/h6-7,9,16H,1-5,8H2,(H,17,18,20). The fourth-order valence-electron chi connectivity index (χ4n) is 2.45. The number of aromatic nitrogens is 2. The van der Waals surface area contributed by atoms with E-state index in [1.54, 1.807) is 12.3 Å². The molecule has 7 heteroatoms. The Kier molecular flexibility index (Phi) is 4.72. The molecule has 21 heavy (non-hydrogen) atoms. The minimum atomic E-state index is -0.167. The van der Waals surface area contributed by atoms with Gasteiger partial charge < -0.3 is 4.98 Å². The zero-order valence-electron chi connectivity index (χ0n) is 11.6. The molecule has 0 unspecified atom stereocenters. The summed E-state index contributed by atoms with van der Waals surface area (Å²) in [4.78, 5) is 21.8. The van der Waals surface area contributed by atoms with Gasteiger partial charge in [0.05, 0.1) is 5.69 Å². The summed E-state index contributed by atoms with van der Waals surface area (Å²) in [5, 5.41) is 5.50. The molecule has 0 spiro atoms. The molecule has 0 aromatic carbocycles. The Morgan fingerprint density at radius 2 is 2.24 bits per heavy atom. The number of aromatic amines is 1. The van der Waals surface area contributed by atoms with E-state index in [4.69, 9.17) is 0 Å². The van der Waals surface area contributed by atoms with Gasteiger partial charge in [0, 0.05) is 22.6 Å². The summed E-state index contributed by atoms with van der Waals surface area (Å²) in [6.07, 6.45) is 5.62. The van der Waals surface area contributed by atoms with Gasteiger partial charge in [0.2, 0.25) is 0 Å². The summed E-state index contributed by atoms with van der Waals surface area (Å²) < 4.78 is 0.859. The van der Waals surface area contributed by atoms with Crippen LogP contribution in [0.3, 0.4) is 0 Å². The second-order valence-corrected chi connectivity index (χ2v) is 6.94. The van der Waals surface area contributed by atoms with Crippen molar-refractivity contribution in [3.63, 3.8) is 0 Å². The predicted molar refractivity (Wildman–Crippen MR) is 87.7 cm³/mol. The molecule has 1 fully saturated rings. The van der Waals surface area contributed by atoms with Crippen LogP contribution in [0.5, 0.6) is 0 Å². The summed E-state index contributed by atoms with van der Waals surface area (Å²) in [5.41, 5.74) is 1.56. The fraction of sp³-hybridized carbons (Fsp3) is 0.429. The molecular formula is C14H17BrN4OS. The van der Waals surface area contributed by atoms with E-state index in [9.17, 15) is 4.79 Å². The molecule has 1 aliphatic heterocycles. The molecule has 112 valence electrons. The minimum absolute atomic E-state index is 0.167. The van der Waals surface area contributed by atoms with Gasteiger partial charge in [-0.3, -0.25) is 15.0 Å². The Morgan fingerprint density at radius 3 is 2.95 bits per heavy atom. The highest BCUT2D eigenvalue weighted by atomic mass is 79.9. The Labute approximate surface area is 135 Å². The number of amides is 1. The molecule has 5 nitrogen and oxygen atoms in total. The van der Waals surface area contributed by atoms with Crippen LogP contribution < -0.4 is 5.32 Å². The first-order valence-corrected chi connectivity index (χ1v) is 8.70. The number of hydrogen-bond acceptors (Lipinski definition) is 4. The summed E-state index contributed by atoms with van der Waals surface area (Å²) in [6, 6.07) is 1.75. The van der Waals surface area contributed by atoms with Crippen molar-refractivity contribution in [2.75, 3.05) is 18.4 Å². The molecule has 1 saturated heterocycles. The predicted octanol–water partition coefficient (Wildman–Crippen LogP) is 3.47. The summed E-state index contributed by atoms with van der Waals surface area (Å²) in [6.45, 7) is 3.17. The number of piperidine rings is 1. The van der Waals surface area contributed by atoms with Crippen molar-refractivity contribution < 1.29 is 4.79 Å². The van der Waals surface area contributed by atoms with Crippen LogP contribution in [-0.4, -0.2) is 33.9 Å². The van der Waals surface area contributed by atoms with Gasteiger partial charge in [0.25, 0.3) is 5.91 Å². The van der Waals surface area contributed by atoms with Crippen LogP contribution in [0.4, 0.5) is 5.13 Å². The number of nitrogens with zero attached hydrogens (tertiary/aromatic N) is 2. The van der Waals surface area contributed by atoms with Crippen molar-refractivity contribution in [1.29, 1.82) is 0 Å². The van der Waals surface area contributed by atoms with Crippen molar-refractivity contribution >= 4 is 38.3 Å².